The number of rotatable bonds is 6. The van der Waals surface area contributed by atoms with Gasteiger partial charge in [-0.05, 0) is 43.4 Å². The standard InChI is InChI=1S/C19H25Cl2N3O2/c20-14-1-2-16(17(21)9-14)19-18(22-23-19)12-26-15-3-6-24(11-15)10-13-4-7-25-8-5-13/h1-2,9,13,15,22-23H,3-8,10-12H2. The van der Waals surface area contributed by atoms with Gasteiger partial charge in [-0.3, -0.25) is 5.10 Å². The first kappa shape index (κ1) is 18.4. The number of halogens is 2. The van der Waals surface area contributed by atoms with Crippen LogP contribution in [0.25, 0.3) is 11.3 Å². The molecule has 1 atom stereocenters. The van der Waals surface area contributed by atoms with Gasteiger partial charge in [-0.25, -0.2) is 0 Å². The Morgan fingerprint density at radius 1 is 1.15 bits per heavy atom. The zero-order valence-electron chi connectivity index (χ0n) is 14.8. The van der Waals surface area contributed by atoms with Crippen LogP contribution in [0.2, 0.25) is 10.0 Å². The van der Waals surface area contributed by atoms with Gasteiger partial charge in [0.25, 0.3) is 0 Å². The molecule has 2 fully saturated rings. The maximum atomic E-state index is 6.30. The Balaban J connectivity index is 1.27. The Bertz CT molecular complexity index is 724. The van der Waals surface area contributed by atoms with Crippen molar-refractivity contribution in [3.8, 4) is 11.3 Å². The van der Waals surface area contributed by atoms with Gasteiger partial charge in [0.15, 0.2) is 0 Å². The molecule has 2 aliphatic rings. The fourth-order valence-corrected chi connectivity index (χ4v) is 4.34. The van der Waals surface area contributed by atoms with Crippen molar-refractivity contribution in [1.29, 1.82) is 0 Å². The summed E-state index contributed by atoms with van der Waals surface area (Å²) in [7, 11) is 0. The third kappa shape index (κ3) is 4.29. The SMILES string of the molecule is Clc1ccc(-c2[nH][nH]c2COC2CCN(CC3CCOCC3)C2)c(Cl)c1. The van der Waals surface area contributed by atoms with Crippen molar-refractivity contribution in [2.45, 2.75) is 32.0 Å². The number of aromatic amines is 2. The fraction of sp³-hybridized carbons (Fsp3) is 0.579. The Kier molecular flexibility index (Phi) is 5.91. The van der Waals surface area contributed by atoms with Gasteiger partial charge in [0.2, 0.25) is 0 Å². The minimum Gasteiger partial charge on any atom is -0.381 e. The third-order valence-electron chi connectivity index (χ3n) is 5.39. The molecule has 1 aromatic heterocycles. The Labute approximate surface area is 163 Å². The smallest absolute Gasteiger partial charge is 0.0907 e. The molecule has 2 aromatic rings. The molecule has 1 aromatic carbocycles. The number of likely N-dealkylation sites (tertiary alicyclic amines) is 1. The maximum absolute atomic E-state index is 6.30. The number of nitrogens with zero attached hydrogens (tertiary/aromatic N) is 1. The lowest BCUT2D eigenvalue weighted by Gasteiger charge is -2.26. The van der Waals surface area contributed by atoms with Crippen LogP contribution < -0.4 is 0 Å². The summed E-state index contributed by atoms with van der Waals surface area (Å²) in [6.07, 6.45) is 3.78. The van der Waals surface area contributed by atoms with E-state index in [1.165, 1.54) is 19.4 Å². The van der Waals surface area contributed by atoms with Crippen LogP contribution in [0.1, 0.15) is 25.0 Å². The normalized spacial score (nSPS) is 22.3. The van der Waals surface area contributed by atoms with Crippen molar-refractivity contribution in [1.82, 2.24) is 15.1 Å². The Hall–Kier alpha value is -0.980. The Morgan fingerprint density at radius 2 is 2.00 bits per heavy atom. The average Bonchev–Trinajstić information content (AvgIpc) is 3.05. The predicted octanol–water partition coefficient (Wildman–Crippen LogP) is 4.33. The molecule has 3 heterocycles. The monoisotopic (exact) mass is 397 g/mol. The molecule has 1 unspecified atom stereocenters. The van der Waals surface area contributed by atoms with E-state index < -0.39 is 0 Å². The second-order valence-electron chi connectivity index (χ2n) is 7.26. The minimum atomic E-state index is 0.298. The number of nitrogens with one attached hydrogen (secondary N) is 2. The summed E-state index contributed by atoms with van der Waals surface area (Å²) in [6.45, 7) is 5.73. The number of hydrogen-bond acceptors (Lipinski definition) is 3. The zero-order chi connectivity index (χ0) is 17.9. The molecular formula is C19H25Cl2N3O2. The highest BCUT2D eigenvalue weighted by Crippen LogP contribution is 2.32. The van der Waals surface area contributed by atoms with E-state index in [0.29, 0.717) is 22.8 Å². The van der Waals surface area contributed by atoms with Gasteiger partial charge >= 0.3 is 0 Å². The zero-order valence-corrected chi connectivity index (χ0v) is 16.3. The molecule has 5 nitrogen and oxygen atoms in total. The van der Waals surface area contributed by atoms with Crippen molar-refractivity contribution in [2.24, 2.45) is 5.92 Å². The van der Waals surface area contributed by atoms with E-state index in [1.54, 1.807) is 6.07 Å². The van der Waals surface area contributed by atoms with Gasteiger partial charge < -0.3 is 19.5 Å². The first-order chi connectivity index (χ1) is 12.7. The second kappa shape index (κ2) is 8.36. The maximum Gasteiger partial charge on any atom is 0.0907 e. The molecule has 26 heavy (non-hydrogen) atoms. The second-order valence-corrected chi connectivity index (χ2v) is 8.11. The molecule has 0 amide bonds. The van der Waals surface area contributed by atoms with E-state index in [-0.39, 0.29) is 0 Å². The topological polar surface area (TPSA) is 53.3 Å². The number of hydrogen-bond donors (Lipinski definition) is 2. The van der Waals surface area contributed by atoms with E-state index in [1.807, 2.05) is 12.1 Å². The van der Waals surface area contributed by atoms with Crippen molar-refractivity contribution in [3.05, 3.63) is 33.9 Å². The molecular weight excluding hydrogens is 373 g/mol. The summed E-state index contributed by atoms with van der Waals surface area (Å²) in [5.74, 6) is 0.779. The highest BCUT2D eigenvalue weighted by atomic mass is 35.5. The van der Waals surface area contributed by atoms with Gasteiger partial charge in [0.1, 0.15) is 0 Å². The van der Waals surface area contributed by atoms with Crippen LogP contribution in [0.4, 0.5) is 0 Å². The van der Waals surface area contributed by atoms with E-state index >= 15 is 0 Å². The molecule has 4 rings (SSSR count). The molecule has 0 bridgehead atoms. The number of ether oxygens (including phenoxy) is 2. The lowest BCUT2D eigenvalue weighted by molar-refractivity contribution is 0.0347. The summed E-state index contributed by atoms with van der Waals surface area (Å²) in [5.41, 5.74) is 2.97. The van der Waals surface area contributed by atoms with Gasteiger partial charge in [-0.15, -0.1) is 0 Å². The minimum absolute atomic E-state index is 0.298. The highest BCUT2D eigenvalue weighted by Gasteiger charge is 2.26. The molecule has 2 aliphatic heterocycles. The van der Waals surface area contributed by atoms with E-state index in [0.717, 1.165) is 55.6 Å². The lowest BCUT2D eigenvalue weighted by atomic mass is 10.00. The van der Waals surface area contributed by atoms with Crippen molar-refractivity contribution in [3.63, 3.8) is 0 Å². The van der Waals surface area contributed by atoms with Crippen LogP contribution in [-0.2, 0) is 16.1 Å². The largest absolute Gasteiger partial charge is 0.381 e. The molecule has 2 saturated heterocycles. The predicted molar refractivity (Wildman–Crippen MR) is 104 cm³/mol. The summed E-state index contributed by atoms with van der Waals surface area (Å²) in [5, 5.41) is 7.51. The summed E-state index contributed by atoms with van der Waals surface area (Å²) in [4.78, 5) is 2.54. The van der Waals surface area contributed by atoms with Gasteiger partial charge in [-0.2, -0.15) is 0 Å². The van der Waals surface area contributed by atoms with Crippen molar-refractivity contribution >= 4 is 23.2 Å². The van der Waals surface area contributed by atoms with Crippen LogP contribution >= 0.6 is 23.2 Å². The number of benzene rings is 1. The molecule has 0 radical (unpaired) electrons. The average molecular weight is 398 g/mol. The van der Waals surface area contributed by atoms with Gasteiger partial charge in [-0.1, -0.05) is 23.2 Å². The molecule has 2 N–H and O–H groups in total. The van der Waals surface area contributed by atoms with E-state index in [9.17, 15) is 0 Å². The highest BCUT2D eigenvalue weighted by molar-refractivity contribution is 6.36. The molecule has 142 valence electrons. The molecule has 7 heteroatoms. The Morgan fingerprint density at radius 3 is 2.73 bits per heavy atom. The molecule has 0 spiro atoms. The molecule has 0 saturated carbocycles. The van der Waals surface area contributed by atoms with Crippen LogP contribution in [0, 0.1) is 5.92 Å². The van der Waals surface area contributed by atoms with Gasteiger partial charge in [0.05, 0.1) is 29.1 Å². The van der Waals surface area contributed by atoms with Crippen LogP contribution in [0.5, 0.6) is 0 Å². The quantitative estimate of drug-likeness (QED) is 0.762. The third-order valence-corrected chi connectivity index (χ3v) is 5.94. The van der Waals surface area contributed by atoms with Crippen LogP contribution in [0.3, 0.4) is 0 Å². The van der Waals surface area contributed by atoms with E-state index in [2.05, 4.69) is 15.1 Å². The summed E-state index contributed by atoms with van der Waals surface area (Å²) >= 11 is 12.3. The molecule has 0 aliphatic carbocycles. The number of aromatic nitrogens is 2. The van der Waals surface area contributed by atoms with Crippen molar-refractivity contribution in [2.75, 3.05) is 32.8 Å². The van der Waals surface area contributed by atoms with Crippen LogP contribution in [-0.4, -0.2) is 54.0 Å². The number of H-pyrrole nitrogens is 2. The van der Waals surface area contributed by atoms with Crippen molar-refractivity contribution < 1.29 is 9.47 Å². The van der Waals surface area contributed by atoms with Crippen LogP contribution in [0.15, 0.2) is 18.2 Å². The summed E-state index contributed by atoms with van der Waals surface area (Å²) in [6, 6.07) is 5.54. The fourth-order valence-electron chi connectivity index (χ4n) is 3.84. The first-order valence-electron chi connectivity index (χ1n) is 9.31. The van der Waals surface area contributed by atoms with E-state index in [4.69, 9.17) is 32.7 Å². The van der Waals surface area contributed by atoms with Gasteiger partial charge in [0, 0.05) is 43.4 Å². The lowest BCUT2D eigenvalue weighted by Crippen LogP contribution is -2.32. The summed E-state index contributed by atoms with van der Waals surface area (Å²) < 4.78 is 11.6. The first-order valence-corrected chi connectivity index (χ1v) is 10.1.